The second-order valence-electron chi connectivity index (χ2n) is 7.16. The van der Waals surface area contributed by atoms with E-state index in [9.17, 15) is 0 Å². The van der Waals surface area contributed by atoms with E-state index in [2.05, 4.69) is 39.2 Å². The van der Waals surface area contributed by atoms with Gasteiger partial charge in [-0.3, -0.25) is 9.36 Å². The number of benzene rings is 1. The van der Waals surface area contributed by atoms with Gasteiger partial charge in [0.25, 0.3) is 0 Å². The summed E-state index contributed by atoms with van der Waals surface area (Å²) in [6.07, 6.45) is 3.49. The van der Waals surface area contributed by atoms with Crippen molar-refractivity contribution in [3.8, 4) is 11.3 Å². The molecular formula is C20H22N8. The maximum Gasteiger partial charge on any atom is 0.229 e. The topological polar surface area (TPSA) is 90.7 Å². The molecule has 3 aromatic heterocycles. The highest BCUT2D eigenvalue weighted by molar-refractivity contribution is 5.86. The van der Waals surface area contributed by atoms with Crippen molar-refractivity contribution in [2.45, 2.75) is 12.8 Å². The minimum Gasteiger partial charge on any atom is -0.383 e. The van der Waals surface area contributed by atoms with Crippen LogP contribution in [0.15, 0.2) is 36.5 Å². The molecule has 0 amide bonds. The van der Waals surface area contributed by atoms with Gasteiger partial charge in [0.1, 0.15) is 5.82 Å². The molecule has 2 N–H and O–H groups in total. The fraction of sp³-hybridized carbons (Fsp3) is 0.300. The number of anilines is 2. The third-order valence-electron chi connectivity index (χ3n) is 5.46. The predicted molar refractivity (Wildman–Crippen MR) is 109 cm³/mol. The highest BCUT2D eigenvalue weighted by atomic mass is 15.3. The Kier molecular flexibility index (Phi) is 3.78. The first kappa shape index (κ1) is 16.7. The lowest BCUT2D eigenvalue weighted by atomic mass is 10.0. The number of nitrogen functional groups attached to an aromatic ring is 1. The molecule has 1 aliphatic rings. The van der Waals surface area contributed by atoms with E-state index in [4.69, 9.17) is 15.8 Å². The van der Waals surface area contributed by atoms with Crippen LogP contribution in [0.5, 0.6) is 0 Å². The summed E-state index contributed by atoms with van der Waals surface area (Å²) >= 11 is 0. The van der Waals surface area contributed by atoms with Gasteiger partial charge in [-0.25, -0.2) is 0 Å². The largest absolute Gasteiger partial charge is 0.383 e. The molecule has 0 atom stereocenters. The average molecular weight is 374 g/mol. The van der Waals surface area contributed by atoms with Crippen LogP contribution in [0.2, 0.25) is 0 Å². The van der Waals surface area contributed by atoms with E-state index < -0.39 is 0 Å². The van der Waals surface area contributed by atoms with Crippen LogP contribution in [0.3, 0.4) is 0 Å². The van der Waals surface area contributed by atoms with Crippen LogP contribution >= 0.6 is 0 Å². The summed E-state index contributed by atoms with van der Waals surface area (Å²) in [6.45, 7) is 1.64. The fourth-order valence-electron chi connectivity index (χ4n) is 3.98. The molecule has 4 aromatic rings. The van der Waals surface area contributed by atoms with Crippen LogP contribution in [0, 0.1) is 0 Å². The van der Waals surface area contributed by atoms with Crippen LogP contribution in [0.4, 0.5) is 11.8 Å². The third-order valence-corrected chi connectivity index (χ3v) is 5.46. The Labute approximate surface area is 162 Å². The molecule has 0 bridgehead atoms. The molecule has 4 heterocycles. The maximum atomic E-state index is 6.16. The summed E-state index contributed by atoms with van der Waals surface area (Å²) in [6, 6.07) is 10.4. The first-order chi connectivity index (χ1) is 13.6. The Hall–Kier alpha value is -3.42. The van der Waals surface area contributed by atoms with E-state index >= 15 is 0 Å². The van der Waals surface area contributed by atoms with Crippen molar-refractivity contribution in [1.29, 1.82) is 0 Å². The molecule has 0 aliphatic carbocycles. The van der Waals surface area contributed by atoms with Crippen molar-refractivity contribution < 1.29 is 0 Å². The fourth-order valence-corrected chi connectivity index (χ4v) is 3.98. The number of nitrogens with two attached hydrogens (primary N) is 1. The first-order valence-electron chi connectivity index (χ1n) is 9.42. The van der Waals surface area contributed by atoms with Crippen molar-refractivity contribution in [1.82, 2.24) is 29.5 Å². The van der Waals surface area contributed by atoms with Gasteiger partial charge >= 0.3 is 0 Å². The number of aromatic nitrogens is 6. The number of hydrogen-bond donors (Lipinski definition) is 1. The summed E-state index contributed by atoms with van der Waals surface area (Å²) in [5, 5.41) is 9.83. The molecule has 1 aliphatic heterocycles. The number of rotatable bonds is 2. The van der Waals surface area contributed by atoms with Crippen LogP contribution < -0.4 is 10.6 Å². The van der Waals surface area contributed by atoms with Gasteiger partial charge < -0.3 is 10.6 Å². The van der Waals surface area contributed by atoms with Crippen molar-refractivity contribution in [2.24, 2.45) is 14.1 Å². The molecule has 0 fully saturated rings. The van der Waals surface area contributed by atoms with E-state index in [0.717, 1.165) is 48.2 Å². The molecule has 0 saturated carbocycles. The quantitative estimate of drug-likeness (QED) is 0.577. The lowest BCUT2D eigenvalue weighted by Gasteiger charge is -2.20. The van der Waals surface area contributed by atoms with Crippen LogP contribution in [-0.4, -0.2) is 42.6 Å². The van der Waals surface area contributed by atoms with Crippen molar-refractivity contribution in [2.75, 3.05) is 23.7 Å². The van der Waals surface area contributed by atoms with Crippen LogP contribution in [0.25, 0.3) is 22.3 Å². The summed E-state index contributed by atoms with van der Waals surface area (Å²) in [7, 11) is 3.89. The highest BCUT2D eigenvalue weighted by Gasteiger charge is 2.24. The first-order valence-corrected chi connectivity index (χ1v) is 9.42. The Morgan fingerprint density at radius 3 is 2.57 bits per heavy atom. The average Bonchev–Trinajstić information content (AvgIpc) is 3.14. The van der Waals surface area contributed by atoms with Crippen molar-refractivity contribution >= 4 is 22.8 Å². The van der Waals surface area contributed by atoms with Crippen molar-refractivity contribution in [3.63, 3.8) is 0 Å². The monoisotopic (exact) mass is 374 g/mol. The third kappa shape index (κ3) is 2.60. The van der Waals surface area contributed by atoms with Crippen LogP contribution in [-0.2, 0) is 26.9 Å². The standard InChI is InChI=1S/C20H22N8/c1-26-16-9-11-28(20-23-18(21)15-12-22-27(2)19(15)24-20)10-8-14(16)17(25-26)13-6-4-3-5-7-13/h3-7,12H,8-11H2,1-2H3,(H2,21,23,24). The van der Waals surface area contributed by atoms with E-state index in [1.54, 1.807) is 10.9 Å². The summed E-state index contributed by atoms with van der Waals surface area (Å²) in [4.78, 5) is 11.5. The Morgan fingerprint density at radius 1 is 0.964 bits per heavy atom. The second-order valence-corrected chi connectivity index (χ2v) is 7.16. The summed E-state index contributed by atoms with van der Waals surface area (Å²) < 4.78 is 3.75. The van der Waals surface area contributed by atoms with E-state index in [0.29, 0.717) is 11.8 Å². The Balaban J connectivity index is 1.50. The molecular weight excluding hydrogens is 352 g/mol. The molecule has 0 saturated heterocycles. The summed E-state index contributed by atoms with van der Waals surface area (Å²) in [5.41, 5.74) is 11.7. The predicted octanol–water partition coefficient (Wildman–Crippen LogP) is 1.95. The van der Waals surface area contributed by atoms with Gasteiger partial charge in [-0.1, -0.05) is 30.3 Å². The van der Waals surface area contributed by atoms with Gasteiger partial charge in [0.2, 0.25) is 5.95 Å². The smallest absolute Gasteiger partial charge is 0.229 e. The zero-order valence-electron chi connectivity index (χ0n) is 16.0. The van der Waals surface area contributed by atoms with E-state index in [-0.39, 0.29) is 0 Å². The molecule has 1 aromatic carbocycles. The lowest BCUT2D eigenvalue weighted by Crippen LogP contribution is -2.28. The van der Waals surface area contributed by atoms with Gasteiger partial charge in [0, 0.05) is 50.4 Å². The zero-order chi connectivity index (χ0) is 19.3. The lowest BCUT2D eigenvalue weighted by molar-refractivity contribution is 0.694. The molecule has 28 heavy (non-hydrogen) atoms. The molecule has 0 radical (unpaired) electrons. The Morgan fingerprint density at radius 2 is 1.75 bits per heavy atom. The number of fused-ring (bicyclic) bond motifs is 2. The summed E-state index contributed by atoms with van der Waals surface area (Å²) in [5.74, 6) is 1.14. The molecule has 8 heteroatoms. The normalized spacial score (nSPS) is 14.3. The SMILES string of the molecule is Cn1nc(-c2ccccc2)c2c1CCN(c1nc(N)c3cnn(C)c3n1)CC2. The number of nitrogens with zero attached hydrogens (tertiary/aromatic N) is 7. The van der Waals surface area contributed by atoms with Gasteiger partial charge in [-0.15, -0.1) is 0 Å². The van der Waals surface area contributed by atoms with Gasteiger partial charge in [0.05, 0.1) is 17.3 Å². The number of hydrogen-bond acceptors (Lipinski definition) is 6. The molecule has 8 nitrogen and oxygen atoms in total. The van der Waals surface area contributed by atoms with Crippen molar-refractivity contribution in [3.05, 3.63) is 47.8 Å². The van der Waals surface area contributed by atoms with Gasteiger partial charge in [0.15, 0.2) is 5.65 Å². The Bertz CT molecular complexity index is 1160. The maximum absolute atomic E-state index is 6.16. The zero-order valence-corrected chi connectivity index (χ0v) is 16.0. The second kappa shape index (κ2) is 6.33. The van der Waals surface area contributed by atoms with Gasteiger partial charge in [-0.2, -0.15) is 20.2 Å². The van der Waals surface area contributed by atoms with E-state index in [1.165, 1.54) is 11.3 Å². The molecule has 142 valence electrons. The van der Waals surface area contributed by atoms with E-state index in [1.807, 2.05) is 24.8 Å². The number of aryl methyl sites for hydroxylation is 2. The highest BCUT2D eigenvalue weighted by Crippen LogP contribution is 2.29. The molecule has 0 unspecified atom stereocenters. The van der Waals surface area contributed by atoms with Gasteiger partial charge in [-0.05, 0) is 6.42 Å². The minimum atomic E-state index is 0.474. The van der Waals surface area contributed by atoms with Crippen LogP contribution in [0.1, 0.15) is 11.3 Å². The molecule has 0 spiro atoms. The minimum absolute atomic E-state index is 0.474. The molecule has 5 rings (SSSR count).